The highest BCUT2D eigenvalue weighted by molar-refractivity contribution is 9.10. The van der Waals surface area contributed by atoms with Crippen LogP contribution in [0.25, 0.3) is 15.8 Å². The van der Waals surface area contributed by atoms with Gasteiger partial charge in [0.1, 0.15) is 11.0 Å². The first-order chi connectivity index (χ1) is 14.7. The van der Waals surface area contributed by atoms with Crippen LogP contribution in [0.4, 0.5) is 0 Å². The molecule has 0 saturated carbocycles. The van der Waals surface area contributed by atoms with Crippen molar-refractivity contribution in [3.8, 4) is 0 Å². The second-order valence-corrected chi connectivity index (χ2v) is 8.77. The van der Waals surface area contributed by atoms with Gasteiger partial charge in [-0.1, -0.05) is 12.1 Å². The molecular formula is C21H17BrN6OS. The van der Waals surface area contributed by atoms with Crippen LogP contribution in [0.2, 0.25) is 0 Å². The van der Waals surface area contributed by atoms with Crippen molar-refractivity contribution in [2.75, 3.05) is 6.54 Å². The Hall–Kier alpha value is -3.04. The maximum atomic E-state index is 13.6. The maximum absolute atomic E-state index is 13.6. The summed E-state index contributed by atoms with van der Waals surface area (Å²) in [7, 11) is 0. The molecule has 1 atom stereocenters. The number of fused-ring (bicyclic) bond motifs is 2. The van der Waals surface area contributed by atoms with Crippen LogP contribution in [0.5, 0.6) is 0 Å². The van der Waals surface area contributed by atoms with Gasteiger partial charge in [-0.3, -0.25) is 9.78 Å². The number of nitrogens with zero attached hydrogens (tertiary/aromatic N) is 4. The fraction of sp³-hybridized carbons (Fsp3) is 0.143. The van der Waals surface area contributed by atoms with E-state index in [0.29, 0.717) is 24.2 Å². The number of thiazole rings is 1. The third-order valence-electron chi connectivity index (χ3n) is 5.14. The molecule has 3 aromatic heterocycles. The molecule has 30 heavy (non-hydrogen) atoms. The average molecular weight is 481 g/mol. The van der Waals surface area contributed by atoms with E-state index in [2.05, 4.69) is 30.9 Å². The Morgan fingerprint density at radius 3 is 2.93 bits per heavy atom. The van der Waals surface area contributed by atoms with E-state index in [-0.39, 0.29) is 5.91 Å². The zero-order valence-electron chi connectivity index (χ0n) is 15.7. The molecule has 150 valence electrons. The molecule has 3 N–H and O–H groups in total. The monoisotopic (exact) mass is 480 g/mol. The molecule has 7 nitrogen and oxygen atoms in total. The van der Waals surface area contributed by atoms with E-state index >= 15 is 0 Å². The predicted molar refractivity (Wildman–Crippen MR) is 120 cm³/mol. The molecule has 1 aliphatic rings. The van der Waals surface area contributed by atoms with Gasteiger partial charge in [0, 0.05) is 35.5 Å². The van der Waals surface area contributed by atoms with Crippen molar-refractivity contribution in [3.63, 3.8) is 0 Å². The van der Waals surface area contributed by atoms with Crippen LogP contribution in [-0.4, -0.2) is 37.3 Å². The lowest BCUT2D eigenvalue weighted by atomic mass is 10.0. The summed E-state index contributed by atoms with van der Waals surface area (Å²) >= 11 is 5.14. The van der Waals surface area contributed by atoms with Crippen molar-refractivity contribution in [1.82, 2.24) is 24.8 Å². The summed E-state index contributed by atoms with van der Waals surface area (Å²) in [5, 5.41) is 0.815. The molecule has 0 bridgehead atoms. The lowest BCUT2D eigenvalue weighted by Gasteiger charge is -2.34. The minimum atomic E-state index is -0.393. The summed E-state index contributed by atoms with van der Waals surface area (Å²) in [5.74, 6) is -0.187. The van der Waals surface area contributed by atoms with Gasteiger partial charge in [0.25, 0.3) is 5.91 Å². The predicted octanol–water partition coefficient (Wildman–Crippen LogP) is 3.65. The van der Waals surface area contributed by atoms with Gasteiger partial charge in [-0.25, -0.2) is 9.97 Å². The number of aromatic amines is 1. The smallest absolute Gasteiger partial charge is 0.258 e. The number of pyridine rings is 1. The first-order valence-corrected chi connectivity index (χ1v) is 11.0. The Labute approximate surface area is 184 Å². The molecule has 0 radical (unpaired) electrons. The van der Waals surface area contributed by atoms with E-state index in [0.717, 1.165) is 31.1 Å². The van der Waals surface area contributed by atoms with Gasteiger partial charge in [0.05, 0.1) is 33.5 Å². The molecule has 0 fully saturated rings. The van der Waals surface area contributed by atoms with Crippen molar-refractivity contribution in [2.45, 2.75) is 12.5 Å². The van der Waals surface area contributed by atoms with Crippen LogP contribution in [-0.2, 0) is 11.2 Å². The van der Waals surface area contributed by atoms with Crippen LogP contribution in [0.1, 0.15) is 28.1 Å². The lowest BCUT2D eigenvalue weighted by molar-refractivity contribution is -0.127. The number of rotatable bonds is 3. The average Bonchev–Trinajstić information content (AvgIpc) is 3.42. The molecule has 4 aromatic rings. The number of amides is 1. The Morgan fingerprint density at radius 1 is 1.27 bits per heavy atom. The molecule has 0 spiro atoms. The summed E-state index contributed by atoms with van der Waals surface area (Å²) in [4.78, 5) is 32.3. The summed E-state index contributed by atoms with van der Waals surface area (Å²) in [6.07, 6.45) is 5.34. The number of benzene rings is 1. The van der Waals surface area contributed by atoms with Crippen LogP contribution in [0.15, 0.2) is 59.6 Å². The van der Waals surface area contributed by atoms with Crippen molar-refractivity contribution in [2.24, 2.45) is 5.73 Å². The number of halogens is 1. The van der Waals surface area contributed by atoms with Gasteiger partial charge in [-0.15, -0.1) is 11.3 Å². The Kier molecular flexibility index (Phi) is 4.84. The zero-order valence-corrected chi connectivity index (χ0v) is 18.2. The second-order valence-electron chi connectivity index (χ2n) is 6.85. The first-order valence-electron chi connectivity index (χ1n) is 9.38. The summed E-state index contributed by atoms with van der Waals surface area (Å²) in [6.45, 7) is 0.528. The fourth-order valence-electron chi connectivity index (χ4n) is 3.74. The van der Waals surface area contributed by atoms with E-state index in [1.807, 2.05) is 24.3 Å². The summed E-state index contributed by atoms with van der Waals surface area (Å²) < 4.78 is 1.98. The number of hydrogen-bond acceptors (Lipinski definition) is 6. The topological polar surface area (TPSA) is 101 Å². The number of para-hydroxylation sites is 1. The Morgan fingerprint density at radius 2 is 2.17 bits per heavy atom. The number of carbonyl (C=O) groups excluding carboxylic acids is 1. The van der Waals surface area contributed by atoms with Gasteiger partial charge in [0.2, 0.25) is 0 Å². The van der Waals surface area contributed by atoms with Crippen LogP contribution in [0, 0.1) is 0 Å². The van der Waals surface area contributed by atoms with E-state index < -0.39 is 6.04 Å². The van der Waals surface area contributed by atoms with Gasteiger partial charge in [0.15, 0.2) is 0 Å². The summed E-state index contributed by atoms with van der Waals surface area (Å²) in [5.41, 5.74) is 9.50. The van der Waals surface area contributed by atoms with Crippen molar-refractivity contribution in [1.29, 1.82) is 0 Å². The number of nitrogens with one attached hydrogen (secondary N) is 1. The Bertz CT molecular complexity index is 1260. The largest absolute Gasteiger partial charge is 0.404 e. The van der Waals surface area contributed by atoms with Gasteiger partial charge < -0.3 is 15.6 Å². The lowest BCUT2D eigenvalue weighted by Crippen LogP contribution is -2.41. The van der Waals surface area contributed by atoms with Crippen LogP contribution < -0.4 is 5.73 Å². The fourth-order valence-corrected chi connectivity index (χ4v) is 5.44. The second kappa shape index (κ2) is 7.66. The zero-order chi connectivity index (χ0) is 20.7. The van der Waals surface area contributed by atoms with Crippen LogP contribution >= 0.6 is 27.3 Å². The molecular weight excluding hydrogens is 464 g/mol. The number of nitrogens with two attached hydrogens (primary N) is 1. The SMILES string of the molecule is N/C=C(/C(=O)N1CCc2[nH]cnc2[C@H]1c1nc2c(Br)cccc2s1)c1ccccn1. The molecule has 4 heterocycles. The Balaban J connectivity index is 1.62. The quantitative estimate of drug-likeness (QED) is 0.435. The number of hydrogen-bond donors (Lipinski definition) is 2. The van der Waals surface area contributed by atoms with E-state index in [1.165, 1.54) is 6.20 Å². The van der Waals surface area contributed by atoms with Crippen molar-refractivity contribution >= 4 is 49.0 Å². The van der Waals surface area contributed by atoms with E-state index in [1.54, 1.807) is 40.9 Å². The molecule has 1 amide bonds. The van der Waals surface area contributed by atoms with Gasteiger partial charge >= 0.3 is 0 Å². The number of carbonyl (C=O) groups is 1. The normalized spacial score (nSPS) is 16.6. The minimum Gasteiger partial charge on any atom is -0.404 e. The molecule has 5 rings (SSSR count). The standard InChI is InChI=1S/C21H17BrN6OS/c22-13-4-3-6-16-17(13)27-20(30-16)19-18-15(25-11-26-18)7-9-28(19)21(29)12(10-23)14-5-1-2-8-24-14/h1-6,8,10-11,19H,7,9,23H2,(H,25,26)/b12-10+/t19-/m0/s1. The highest BCUT2D eigenvalue weighted by Crippen LogP contribution is 2.39. The number of imidazole rings is 1. The number of aromatic nitrogens is 4. The highest BCUT2D eigenvalue weighted by atomic mass is 79.9. The molecule has 1 aromatic carbocycles. The first kappa shape index (κ1) is 19.0. The van der Waals surface area contributed by atoms with Crippen molar-refractivity contribution < 1.29 is 4.79 Å². The number of H-pyrrole nitrogens is 1. The molecule has 1 aliphatic heterocycles. The third kappa shape index (κ3) is 3.10. The molecule has 0 saturated heterocycles. The van der Waals surface area contributed by atoms with E-state index in [9.17, 15) is 4.79 Å². The van der Waals surface area contributed by atoms with Gasteiger partial charge in [-0.2, -0.15) is 0 Å². The minimum absolute atomic E-state index is 0.187. The van der Waals surface area contributed by atoms with Crippen molar-refractivity contribution in [3.05, 3.63) is 81.7 Å². The maximum Gasteiger partial charge on any atom is 0.258 e. The third-order valence-corrected chi connectivity index (χ3v) is 6.86. The summed E-state index contributed by atoms with van der Waals surface area (Å²) in [6, 6.07) is 11.0. The van der Waals surface area contributed by atoms with Crippen LogP contribution in [0.3, 0.4) is 0 Å². The molecule has 9 heteroatoms. The highest BCUT2D eigenvalue weighted by Gasteiger charge is 2.37. The molecule has 0 unspecified atom stereocenters. The van der Waals surface area contributed by atoms with E-state index in [4.69, 9.17) is 10.7 Å². The van der Waals surface area contributed by atoms with Gasteiger partial charge in [-0.05, 0) is 40.2 Å². The molecule has 0 aliphatic carbocycles.